The summed E-state index contributed by atoms with van der Waals surface area (Å²) in [5.74, 6) is -0.383. The van der Waals surface area contributed by atoms with Crippen LogP contribution in [-0.4, -0.2) is 5.78 Å². The predicted molar refractivity (Wildman–Crippen MR) is 73.7 cm³/mol. The number of Topliss-reactive ketones (excluding diaryl/α,β-unsaturated/α-hetero) is 1. The molecule has 1 aliphatic carbocycles. The molecule has 0 aromatic heterocycles. The van der Waals surface area contributed by atoms with E-state index in [1.807, 2.05) is 0 Å². The van der Waals surface area contributed by atoms with Gasteiger partial charge in [0.25, 0.3) is 0 Å². The molecule has 2 aromatic carbocycles. The molecule has 108 valence electrons. The fraction of sp³-hybridized carbons (Fsp3) is 0.188. The molecule has 0 bridgehead atoms. The Labute approximate surface area is 124 Å². The molecule has 0 aliphatic heterocycles. The molecule has 5 heteroatoms. The lowest BCUT2D eigenvalue weighted by Crippen LogP contribution is -2.08. The van der Waals surface area contributed by atoms with E-state index in [2.05, 4.69) is 0 Å². The average Bonchev–Trinajstić information content (AvgIpc) is 2.76. The molecular weight excluding hydrogens is 301 g/mol. The zero-order chi connectivity index (χ0) is 15.2. The Hall–Kier alpha value is -1.81. The fourth-order valence-corrected chi connectivity index (χ4v) is 2.96. The minimum atomic E-state index is -4.50. The molecule has 0 amide bonds. The maximum Gasteiger partial charge on any atom is 0.417 e. The van der Waals surface area contributed by atoms with Crippen LogP contribution < -0.4 is 0 Å². The third kappa shape index (κ3) is 2.44. The smallest absolute Gasteiger partial charge is 0.294 e. The summed E-state index contributed by atoms with van der Waals surface area (Å²) in [6.07, 6.45) is -4.31. The van der Waals surface area contributed by atoms with Crippen molar-refractivity contribution in [2.24, 2.45) is 0 Å². The van der Waals surface area contributed by atoms with Gasteiger partial charge in [-0.3, -0.25) is 4.79 Å². The van der Waals surface area contributed by atoms with Crippen molar-refractivity contribution < 1.29 is 18.0 Å². The third-order valence-electron chi connectivity index (χ3n) is 3.72. The first-order valence-electron chi connectivity index (χ1n) is 6.36. The number of hydrogen-bond donors (Lipinski definition) is 0. The lowest BCUT2D eigenvalue weighted by atomic mass is 9.92. The first-order chi connectivity index (χ1) is 9.88. The molecule has 21 heavy (non-hydrogen) atoms. The standard InChI is InChI=1S/C16H10ClF3O/c17-14-6-5-9(7-13(14)16(18,19)20)12-8-15(21)11-4-2-1-3-10(11)12/h1-7,12H,8H2/t12-/m0/s1. The number of hydrogen-bond acceptors (Lipinski definition) is 1. The Morgan fingerprint density at radius 1 is 1.10 bits per heavy atom. The summed E-state index contributed by atoms with van der Waals surface area (Å²) < 4.78 is 38.8. The average molecular weight is 311 g/mol. The second-order valence-electron chi connectivity index (χ2n) is 5.00. The zero-order valence-electron chi connectivity index (χ0n) is 10.7. The van der Waals surface area contributed by atoms with Crippen molar-refractivity contribution in [3.63, 3.8) is 0 Å². The quantitative estimate of drug-likeness (QED) is 0.718. The van der Waals surface area contributed by atoms with Crippen molar-refractivity contribution >= 4 is 17.4 Å². The minimum Gasteiger partial charge on any atom is -0.294 e. The van der Waals surface area contributed by atoms with Gasteiger partial charge in [0.15, 0.2) is 5.78 Å². The maximum absolute atomic E-state index is 12.9. The molecule has 0 saturated carbocycles. The van der Waals surface area contributed by atoms with Crippen molar-refractivity contribution in [1.29, 1.82) is 0 Å². The van der Waals surface area contributed by atoms with Gasteiger partial charge in [-0.05, 0) is 23.3 Å². The zero-order valence-corrected chi connectivity index (χ0v) is 11.5. The van der Waals surface area contributed by atoms with E-state index in [9.17, 15) is 18.0 Å². The van der Waals surface area contributed by atoms with E-state index in [1.165, 1.54) is 6.07 Å². The van der Waals surface area contributed by atoms with Crippen LogP contribution in [0.5, 0.6) is 0 Å². The highest BCUT2D eigenvalue weighted by Crippen LogP contribution is 2.41. The highest BCUT2D eigenvalue weighted by atomic mass is 35.5. The SMILES string of the molecule is O=C1C[C@@H](c2ccc(Cl)c(C(F)(F)F)c2)c2ccccc21. The van der Waals surface area contributed by atoms with Crippen LogP contribution in [0.4, 0.5) is 13.2 Å². The van der Waals surface area contributed by atoms with Gasteiger partial charge >= 0.3 is 6.18 Å². The Kier molecular flexibility index (Phi) is 3.29. The Morgan fingerprint density at radius 3 is 2.52 bits per heavy atom. The van der Waals surface area contributed by atoms with Crippen LogP contribution in [0.25, 0.3) is 0 Å². The van der Waals surface area contributed by atoms with Gasteiger partial charge in [-0.2, -0.15) is 13.2 Å². The fourth-order valence-electron chi connectivity index (χ4n) is 2.73. The molecule has 2 aromatic rings. The van der Waals surface area contributed by atoms with Crippen LogP contribution in [0, 0.1) is 0 Å². The summed E-state index contributed by atoms with van der Waals surface area (Å²) >= 11 is 5.63. The maximum atomic E-state index is 12.9. The number of fused-ring (bicyclic) bond motifs is 1. The molecule has 0 fully saturated rings. The topological polar surface area (TPSA) is 17.1 Å². The predicted octanol–water partition coefficient (Wildman–Crippen LogP) is 5.08. The first-order valence-corrected chi connectivity index (χ1v) is 6.74. The number of carbonyl (C=O) groups excluding carboxylic acids is 1. The van der Waals surface area contributed by atoms with Crippen molar-refractivity contribution in [2.75, 3.05) is 0 Å². The number of rotatable bonds is 1. The number of alkyl halides is 3. The second-order valence-corrected chi connectivity index (χ2v) is 5.41. The van der Waals surface area contributed by atoms with Gasteiger partial charge in [0, 0.05) is 17.9 Å². The van der Waals surface area contributed by atoms with E-state index < -0.39 is 11.7 Å². The van der Waals surface area contributed by atoms with Crippen molar-refractivity contribution in [2.45, 2.75) is 18.5 Å². The lowest BCUT2D eigenvalue weighted by Gasteiger charge is -2.15. The van der Waals surface area contributed by atoms with Crippen LogP contribution in [0.3, 0.4) is 0 Å². The van der Waals surface area contributed by atoms with Gasteiger partial charge in [-0.25, -0.2) is 0 Å². The molecule has 0 radical (unpaired) electrons. The van der Waals surface area contributed by atoms with Gasteiger partial charge in [0.1, 0.15) is 0 Å². The van der Waals surface area contributed by atoms with Crippen molar-refractivity contribution in [3.8, 4) is 0 Å². The largest absolute Gasteiger partial charge is 0.417 e. The van der Waals surface area contributed by atoms with Crippen LogP contribution in [0.15, 0.2) is 42.5 Å². The lowest BCUT2D eigenvalue weighted by molar-refractivity contribution is -0.137. The van der Waals surface area contributed by atoms with Crippen LogP contribution in [-0.2, 0) is 6.18 Å². The van der Waals surface area contributed by atoms with Gasteiger partial charge in [-0.1, -0.05) is 41.9 Å². The number of ketones is 1. The highest BCUT2D eigenvalue weighted by molar-refractivity contribution is 6.31. The van der Waals surface area contributed by atoms with Gasteiger partial charge in [0.05, 0.1) is 10.6 Å². The van der Waals surface area contributed by atoms with E-state index in [1.54, 1.807) is 30.3 Å². The molecule has 0 N–H and O–H groups in total. The Bertz CT molecular complexity index is 722. The molecule has 0 saturated heterocycles. The summed E-state index contributed by atoms with van der Waals surface area (Å²) in [6.45, 7) is 0. The summed E-state index contributed by atoms with van der Waals surface area (Å²) in [4.78, 5) is 11.9. The molecule has 0 heterocycles. The number of carbonyl (C=O) groups is 1. The third-order valence-corrected chi connectivity index (χ3v) is 4.05. The van der Waals surface area contributed by atoms with Crippen LogP contribution in [0.2, 0.25) is 5.02 Å². The Balaban J connectivity index is 2.09. The van der Waals surface area contributed by atoms with Crippen LogP contribution in [0.1, 0.15) is 39.4 Å². The van der Waals surface area contributed by atoms with E-state index >= 15 is 0 Å². The summed E-state index contributed by atoms with van der Waals surface area (Å²) in [5.41, 5.74) is 0.965. The van der Waals surface area contributed by atoms with E-state index in [4.69, 9.17) is 11.6 Å². The molecule has 1 aliphatic rings. The summed E-state index contributed by atoms with van der Waals surface area (Å²) in [7, 11) is 0. The van der Waals surface area contributed by atoms with E-state index in [-0.39, 0.29) is 23.1 Å². The molecule has 0 spiro atoms. The van der Waals surface area contributed by atoms with Crippen molar-refractivity contribution in [3.05, 3.63) is 69.7 Å². The molecule has 3 rings (SSSR count). The molecule has 0 unspecified atom stereocenters. The summed E-state index contributed by atoms with van der Waals surface area (Å²) in [6, 6.07) is 10.9. The normalized spacial score (nSPS) is 17.9. The van der Waals surface area contributed by atoms with Gasteiger partial charge < -0.3 is 0 Å². The van der Waals surface area contributed by atoms with Crippen LogP contribution >= 0.6 is 11.6 Å². The number of halogens is 4. The van der Waals surface area contributed by atoms with E-state index in [0.29, 0.717) is 11.1 Å². The van der Waals surface area contributed by atoms with Gasteiger partial charge in [-0.15, -0.1) is 0 Å². The summed E-state index contributed by atoms with van der Waals surface area (Å²) in [5, 5.41) is -0.330. The number of benzene rings is 2. The highest BCUT2D eigenvalue weighted by Gasteiger charge is 2.36. The minimum absolute atomic E-state index is 0.0425. The van der Waals surface area contributed by atoms with Gasteiger partial charge in [0.2, 0.25) is 0 Å². The first kappa shape index (κ1) is 14.1. The molecular formula is C16H10ClF3O. The van der Waals surface area contributed by atoms with E-state index in [0.717, 1.165) is 11.6 Å². The van der Waals surface area contributed by atoms with Crippen molar-refractivity contribution in [1.82, 2.24) is 0 Å². The monoisotopic (exact) mass is 310 g/mol. The Morgan fingerprint density at radius 2 is 1.81 bits per heavy atom. The molecule has 1 nitrogen and oxygen atoms in total. The molecule has 1 atom stereocenters. The second kappa shape index (κ2) is 4.88.